The van der Waals surface area contributed by atoms with E-state index in [0.29, 0.717) is 61.9 Å². The number of halogens is 3. The second kappa shape index (κ2) is 14.3. The molecule has 1 unspecified atom stereocenters. The topological polar surface area (TPSA) is 149 Å². The van der Waals surface area contributed by atoms with Crippen molar-refractivity contribution in [2.45, 2.75) is 45.5 Å². The lowest BCUT2D eigenvalue weighted by Gasteiger charge is -2.34. The number of nitrogens with zero attached hydrogens (tertiary/aromatic N) is 7. The van der Waals surface area contributed by atoms with E-state index < -0.39 is 34.9 Å². The molecule has 0 radical (unpaired) electrons. The number of anilines is 2. The summed E-state index contributed by atoms with van der Waals surface area (Å²) in [7, 11) is 2.00. The highest BCUT2D eigenvalue weighted by Gasteiger charge is 2.35. The van der Waals surface area contributed by atoms with Crippen LogP contribution in [0.3, 0.4) is 0 Å². The summed E-state index contributed by atoms with van der Waals surface area (Å²) >= 11 is 0.777. The average molecular weight is 714 g/mol. The number of urea groups is 1. The molecule has 0 aliphatic carbocycles. The fourth-order valence-corrected chi connectivity index (χ4v) is 7.42. The molecule has 2 aliphatic heterocycles. The second-order valence-electron chi connectivity index (χ2n) is 12.4. The van der Waals surface area contributed by atoms with Gasteiger partial charge < -0.3 is 24.8 Å². The molecule has 13 nitrogen and oxygen atoms in total. The quantitative estimate of drug-likeness (QED) is 0.223. The number of likely N-dealkylation sites (N-methyl/N-ethyl adjacent to an activating group) is 2. The van der Waals surface area contributed by atoms with Crippen molar-refractivity contribution in [3.63, 3.8) is 0 Å². The number of carboxylic acids is 1. The zero-order chi connectivity index (χ0) is 35.7. The Morgan fingerprint density at radius 2 is 1.82 bits per heavy atom. The Hall–Kier alpha value is -4.61. The largest absolute Gasteiger partial charge is 0.477 e. The van der Waals surface area contributed by atoms with Gasteiger partial charge in [-0.05, 0) is 52.0 Å². The summed E-state index contributed by atoms with van der Waals surface area (Å²) in [4.78, 5) is 58.5. The van der Waals surface area contributed by atoms with Gasteiger partial charge in [0.05, 0.1) is 5.39 Å². The number of aromatic carboxylic acids is 1. The van der Waals surface area contributed by atoms with Crippen molar-refractivity contribution in [3.8, 4) is 21.7 Å². The molecular formula is C33H38F3N9O4S. The van der Waals surface area contributed by atoms with Gasteiger partial charge in [0.15, 0.2) is 5.69 Å². The summed E-state index contributed by atoms with van der Waals surface area (Å²) in [5.41, 5.74) is -0.970. The first kappa shape index (κ1) is 35.2. The number of aromatic nitrogens is 4. The van der Waals surface area contributed by atoms with Crippen molar-refractivity contribution in [1.82, 2.24) is 34.6 Å². The predicted octanol–water partition coefficient (Wildman–Crippen LogP) is 4.68. The molecule has 0 spiro atoms. The van der Waals surface area contributed by atoms with E-state index in [4.69, 9.17) is 4.98 Å². The Balaban J connectivity index is 1.61. The van der Waals surface area contributed by atoms with Crippen LogP contribution >= 0.6 is 11.3 Å². The summed E-state index contributed by atoms with van der Waals surface area (Å²) in [5, 5.41) is 16.3. The van der Waals surface area contributed by atoms with Crippen LogP contribution in [-0.2, 0) is 12.7 Å². The van der Waals surface area contributed by atoms with E-state index in [1.807, 2.05) is 7.05 Å². The fraction of sp³-hybridized carbons (Fsp3) is 0.455. The molecule has 6 rings (SSSR count). The van der Waals surface area contributed by atoms with Gasteiger partial charge in [-0.1, -0.05) is 6.92 Å². The highest BCUT2D eigenvalue weighted by Crippen LogP contribution is 2.42. The predicted molar refractivity (Wildman–Crippen MR) is 185 cm³/mol. The highest BCUT2D eigenvalue weighted by atomic mass is 32.1. The van der Waals surface area contributed by atoms with Crippen molar-refractivity contribution in [2.24, 2.45) is 0 Å². The van der Waals surface area contributed by atoms with E-state index in [9.17, 15) is 32.7 Å². The Labute approximate surface area is 289 Å². The maximum atomic E-state index is 13.8. The average Bonchev–Trinajstić information content (AvgIpc) is 3.76. The molecule has 4 aromatic heterocycles. The molecule has 2 saturated heterocycles. The number of hydrogen-bond donors (Lipinski definition) is 3. The first-order valence-corrected chi connectivity index (χ1v) is 17.3. The number of carbonyl (C=O) groups is 2. The molecule has 3 N–H and O–H groups in total. The number of pyridine rings is 3. The van der Waals surface area contributed by atoms with Crippen molar-refractivity contribution < 1.29 is 27.9 Å². The van der Waals surface area contributed by atoms with E-state index in [2.05, 4.69) is 42.2 Å². The smallest absolute Gasteiger partial charge is 0.434 e. The Morgan fingerprint density at radius 3 is 2.48 bits per heavy atom. The number of likely N-dealkylation sites (tertiary alicyclic amines) is 1. The number of nitrogens with one attached hydrogen (secondary N) is 2. The zero-order valence-corrected chi connectivity index (χ0v) is 28.7. The van der Waals surface area contributed by atoms with Crippen molar-refractivity contribution >= 4 is 46.0 Å². The Bertz CT molecular complexity index is 1970. The molecule has 2 fully saturated rings. The van der Waals surface area contributed by atoms with Gasteiger partial charge in [0, 0.05) is 79.8 Å². The van der Waals surface area contributed by atoms with Crippen LogP contribution in [0.15, 0.2) is 34.7 Å². The summed E-state index contributed by atoms with van der Waals surface area (Å²) in [5.74, 6) is -0.832. The van der Waals surface area contributed by atoms with Gasteiger partial charge in [0.1, 0.15) is 27.9 Å². The molecule has 2 aliphatic rings. The Kier molecular flexibility index (Phi) is 10.1. The first-order chi connectivity index (χ1) is 23.9. The van der Waals surface area contributed by atoms with Crippen LogP contribution in [0.5, 0.6) is 0 Å². The maximum Gasteiger partial charge on any atom is 0.434 e. The number of carboxylic acid groups (broad SMARTS) is 1. The van der Waals surface area contributed by atoms with Crippen LogP contribution < -0.4 is 21.0 Å². The van der Waals surface area contributed by atoms with Crippen LogP contribution in [0.25, 0.3) is 32.7 Å². The zero-order valence-electron chi connectivity index (χ0n) is 27.9. The maximum absolute atomic E-state index is 13.8. The molecule has 0 bridgehead atoms. The van der Waals surface area contributed by atoms with E-state index in [1.165, 1.54) is 18.5 Å². The van der Waals surface area contributed by atoms with Gasteiger partial charge in [0.2, 0.25) is 5.43 Å². The molecular weight excluding hydrogens is 675 g/mol. The number of piperazine rings is 1. The summed E-state index contributed by atoms with van der Waals surface area (Å²) in [6.45, 7) is 8.87. The number of carbonyl (C=O) groups excluding carboxylic acids is 1. The van der Waals surface area contributed by atoms with Gasteiger partial charge in [-0.2, -0.15) is 13.2 Å². The van der Waals surface area contributed by atoms with Gasteiger partial charge in [-0.3, -0.25) is 15.0 Å². The van der Waals surface area contributed by atoms with Crippen LogP contribution in [0, 0.1) is 0 Å². The second-order valence-corrected chi connectivity index (χ2v) is 13.3. The first-order valence-electron chi connectivity index (χ1n) is 16.4. The Morgan fingerprint density at radius 1 is 1.06 bits per heavy atom. The summed E-state index contributed by atoms with van der Waals surface area (Å²) in [6, 6.07) is 2.58. The van der Waals surface area contributed by atoms with Gasteiger partial charge in [-0.25, -0.2) is 24.5 Å². The number of thiazole rings is 1. The molecule has 17 heteroatoms. The standard InChI is InChI=1S/C33H38F3N9O4S/c1-4-37-32(49)40-26-14-21(30-39-25(18-50-30)33(34,35)36)23(15-38-26)20-13-22-27(46)24(31(47)48)17-45(16-19-7-6-8-43(19)5-2)29(22)41-28(20)44-11-9-42(3)10-12-44/h13-15,17-19H,4-12,16H2,1-3H3,(H,47,48)(H2,37,38,40,49). The summed E-state index contributed by atoms with van der Waals surface area (Å²) in [6.07, 6.45) is -0.00881. The lowest BCUT2D eigenvalue weighted by atomic mass is 9.99. The molecule has 4 aromatic rings. The van der Waals surface area contributed by atoms with Crippen LogP contribution in [0.2, 0.25) is 0 Å². The van der Waals surface area contributed by atoms with Crippen molar-refractivity contribution in [2.75, 3.05) is 63.1 Å². The van der Waals surface area contributed by atoms with Crippen molar-refractivity contribution in [1.29, 1.82) is 0 Å². The third-order valence-electron chi connectivity index (χ3n) is 9.17. The number of fused-ring (bicyclic) bond motifs is 1. The monoisotopic (exact) mass is 713 g/mol. The van der Waals surface area contributed by atoms with Crippen LogP contribution in [0.1, 0.15) is 42.7 Å². The third-order valence-corrected chi connectivity index (χ3v) is 10.0. The van der Waals surface area contributed by atoms with E-state index >= 15 is 0 Å². The van der Waals surface area contributed by atoms with Crippen LogP contribution in [-0.4, -0.2) is 105 Å². The molecule has 1 atom stereocenters. The summed E-state index contributed by atoms with van der Waals surface area (Å²) < 4.78 is 42.9. The normalized spacial score (nSPS) is 17.4. The van der Waals surface area contributed by atoms with E-state index in [-0.39, 0.29) is 27.8 Å². The molecule has 6 heterocycles. The highest BCUT2D eigenvalue weighted by molar-refractivity contribution is 7.13. The number of rotatable bonds is 9. The molecule has 0 saturated carbocycles. The van der Waals surface area contributed by atoms with Gasteiger partial charge >= 0.3 is 18.2 Å². The number of alkyl halides is 3. The lowest BCUT2D eigenvalue weighted by Crippen LogP contribution is -2.45. The SMILES string of the molecule is CCNC(=O)Nc1cc(-c2nc(C(F)(F)F)cs2)c(-c2cc3c(=O)c(C(=O)O)cn(CC4CCCN4CC)c3nc2N2CCN(C)CC2)cn1. The number of hydrogen-bond acceptors (Lipinski definition) is 10. The minimum absolute atomic E-state index is 0.00990. The van der Waals surface area contributed by atoms with Gasteiger partial charge in [0.25, 0.3) is 0 Å². The van der Waals surface area contributed by atoms with Gasteiger partial charge in [-0.15, -0.1) is 11.3 Å². The third kappa shape index (κ3) is 7.15. The van der Waals surface area contributed by atoms with Crippen LogP contribution in [0.4, 0.5) is 29.6 Å². The van der Waals surface area contributed by atoms with E-state index in [1.54, 1.807) is 17.6 Å². The fourth-order valence-electron chi connectivity index (χ4n) is 6.56. The molecule has 0 aromatic carbocycles. The molecule has 2 amide bonds. The van der Waals surface area contributed by atoms with Crippen molar-refractivity contribution in [3.05, 3.63) is 51.4 Å². The minimum atomic E-state index is -4.69. The molecule has 266 valence electrons. The van der Waals surface area contributed by atoms with E-state index in [0.717, 1.165) is 42.6 Å². The molecule has 50 heavy (non-hydrogen) atoms. The number of amides is 2. The lowest BCUT2D eigenvalue weighted by molar-refractivity contribution is -0.140. The minimum Gasteiger partial charge on any atom is -0.477 e.